The SMILES string of the molecule is CC(C)(C)OC(=O)N1CC[C@H](S(=O)(=O)CC[C@@H]2OCC[C@@]3(Cc4ccc(Cl)cc4)c4c(F)ccc(F)c4OC[C@@H]23)C1. The van der Waals surface area contributed by atoms with Crippen LogP contribution in [0.3, 0.4) is 0 Å². The summed E-state index contributed by atoms with van der Waals surface area (Å²) in [6, 6.07) is 9.44. The van der Waals surface area contributed by atoms with E-state index in [1.807, 2.05) is 12.1 Å². The van der Waals surface area contributed by atoms with Gasteiger partial charge >= 0.3 is 6.09 Å². The van der Waals surface area contributed by atoms with Gasteiger partial charge in [-0.25, -0.2) is 22.0 Å². The first-order valence-electron chi connectivity index (χ1n) is 14.0. The van der Waals surface area contributed by atoms with Crippen LogP contribution >= 0.6 is 11.6 Å². The Balaban J connectivity index is 1.37. The summed E-state index contributed by atoms with van der Waals surface area (Å²) in [5, 5.41) is -0.132. The first-order valence-corrected chi connectivity index (χ1v) is 16.1. The number of ether oxygens (including phenoxy) is 3. The summed E-state index contributed by atoms with van der Waals surface area (Å²) < 4.78 is 74.5. The van der Waals surface area contributed by atoms with E-state index in [0.717, 1.165) is 17.7 Å². The average molecular weight is 612 g/mol. The molecule has 3 aliphatic heterocycles. The molecule has 0 radical (unpaired) electrons. The Bertz CT molecular complexity index is 1400. The lowest BCUT2D eigenvalue weighted by atomic mass is 9.60. The monoisotopic (exact) mass is 611 g/mol. The molecule has 2 saturated heterocycles. The van der Waals surface area contributed by atoms with Crippen molar-refractivity contribution in [2.45, 2.75) is 68.8 Å². The molecule has 11 heteroatoms. The zero-order chi connectivity index (χ0) is 29.6. The van der Waals surface area contributed by atoms with Crippen LogP contribution in [0.25, 0.3) is 0 Å². The molecule has 0 unspecified atom stereocenters. The van der Waals surface area contributed by atoms with Crippen molar-refractivity contribution >= 4 is 27.5 Å². The van der Waals surface area contributed by atoms with E-state index in [1.54, 1.807) is 32.9 Å². The second-order valence-corrected chi connectivity index (χ2v) is 15.1. The summed E-state index contributed by atoms with van der Waals surface area (Å²) in [7, 11) is -3.59. The van der Waals surface area contributed by atoms with Crippen molar-refractivity contribution in [2.24, 2.45) is 5.92 Å². The molecule has 3 aliphatic rings. The van der Waals surface area contributed by atoms with Crippen molar-refractivity contribution in [3.05, 3.63) is 64.2 Å². The molecular formula is C30H36ClF2NO6S. The number of likely N-dealkylation sites (tertiary alicyclic amines) is 1. The number of amides is 1. The van der Waals surface area contributed by atoms with Gasteiger partial charge in [0, 0.05) is 41.6 Å². The number of carbonyl (C=O) groups excluding carboxylic acids is 1. The van der Waals surface area contributed by atoms with Crippen LogP contribution in [0.5, 0.6) is 5.75 Å². The molecular weight excluding hydrogens is 576 g/mol. The minimum Gasteiger partial charge on any atom is -0.490 e. The van der Waals surface area contributed by atoms with E-state index in [0.29, 0.717) is 30.8 Å². The van der Waals surface area contributed by atoms with E-state index in [2.05, 4.69) is 0 Å². The third-order valence-electron chi connectivity index (χ3n) is 8.43. The second kappa shape index (κ2) is 11.3. The maximum atomic E-state index is 15.5. The number of fused-ring (bicyclic) bond motifs is 3. The first kappa shape index (κ1) is 30.0. The molecule has 5 rings (SSSR count). The molecule has 0 bridgehead atoms. The smallest absolute Gasteiger partial charge is 0.410 e. The molecule has 4 atom stereocenters. The number of hydrogen-bond acceptors (Lipinski definition) is 6. The van der Waals surface area contributed by atoms with Crippen LogP contribution in [-0.2, 0) is 31.1 Å². The van der Waals surface area contributed by atoms with Crippen molar-refractivity contribution in [2.75, 3.05) is 32.1 Å². The van der Waals surface area contributed by atoms with Gasteiger partial charge in [-0.05, 0) is 76.3 Å². The average Bonchev–Trinajstić information content (AvgIpc) is 3.41. The lowest BCUT2D eigenvalue weighted by Crippen LogP contribution is -2.55. The molecule has 3 heterocycles. The predicted octanol–water partition coefficient (Wildman–Crippen LogP) is 5.71. The number of sulfone groups is 1. The molecule has 1 amide bonds. The maximum absolute atomic E-state index is 15.5. The Morgan fingerprint density at radius 2 is 1.85 bits per heavy atom. The van der Waals surface area contributed by atoms with Crippen LogP contribution in [-0.4, -0.2) is 68.4 Å². The molecule has 7 nitrogen and oxygen atoms in total. The van der Waals surface area contributed by atoms with Crippen LogP contribution in [0.2, 0.25) is 5.02 Å². The summed E-state index contributed by atoms with van der Waals surface area (Å²) in [6.45, 7) is 6.01. The molecule has 41 heavy (non-hydrogen) atoms. The summed E-state index contributed by atoms with van der Waals surface area (Å²) in [5.41, 5.74) is -0.448. The highest BCUT2D eigenvalue weighted by molar-refractivity contribution is 7.92. The van der Waals surface area contributed by atoms with Gasteiger partial charge in [-0.3, -0.25) is 0 Å². The third kappa shape index (κ3) is 6.20. The molecule has 0 saturated carbocycles. The van der Waals surface area contributed by atoms with Crippen LogP contribution in [0, 0.1) is 17.6 Å². The number of halogens is 3. The van der Waals surface area contributed by atoms with Crippen LogP contribution in [0.4, 0.5) is 13.6 Å². The van der Waals surface area contributed by atoms with Gasteiger partial charge in [-0.15, -0.1) is 0 Å². The summed E-state index contributed by atoms with van der Waals surface area (Å²) in [4.78, 5) is 13.9. The fraction of sp³-hybridized carbons (Fsp3) is 0.567. The zero-order valence-corrected chi connectivity index (χ0v) is 25.1. The molecule has 2 fully saturated rings. The van der Waals surface area contributed by atoms with Crippen molar-refractivity contribution in [3.63, 3.8) is 0 Å². The lowest BCUT2D eigenvalue weighted by Gasteiger charge is -2.51. The number of hydrogen-bond donors (Lipinski definition) is 0. The van der Waals surface area contributed by atoms with Crippen molar-refractivity contribution in [1.82, 2.24) is 4.90 Å². The lowest BCUT2D eigenvalue weighted by molar-refractivity contribution is -0.0963. The molecule has 0 spiro atoms. The fourth-order valence-electron chi connectivity index (χ4n) is 6.46. The van der Waals surface area contributed by atoms with Crippen molar-refractivity contribution < 1.29 is 36.2 Å². The quantitative estimate of drug-likeness (QED) is 0.416. The van der Waals surface area contributed by atoms with Gasteiger partial charge in [0.1, 0.15) is 11.4 Å². The van der Waals surface area contributed by atoms with E-state index >= 15 is 4.39 Å². The fourth-order valence-corrected chi connectivity index (χ4v) is 8.35. The summed E-state index contributed by atoms with van der Waals surface area (Å²) in [6.07, 6.45) is 0.251. The minimum atomic E-state index is -3.59. The summed E-state index contributed by atoms with van der Waals surface area (Å²) in [5.74, 6) is -1.83. The highest BCUT2D eigenvalue weighted by Gasteiger charge is 2.53. The van der Waals surface area contributed by atoms with Gasteiger partial charge in [0.2, 0.25) is 0 Å². The topological polar surface area (TPSA) is 82.1 Å². The molecule has 2 aromatic carbocycles. The van der Waals surface area contributed by atoms with Gasteiger partial charge in [-0.1, -0.05) is 23.7 Å². The zero-order valence-electron chi connectivity index (χ0n) is 23.5. The van der Waals surface area contributed by atoms with Crippen LogP contribution in [0.15, 0.2) is 36.4 Å². The third-order valence-corrected chi connectivity index (χ3v) is 10.9. The van der Waals surface area contributed by atoms with Gasteiger partial charge in [-0.2, -0.15) is 0 Å². The van der Waals surface area contributed by atoms with E-state index in [1.165, 1.54) is 4.90 Å². The highest BCUT2D eigenvalue weighted by atomic mass is 35.5. The number of rotatable bonds is 6. The van der Waals surface area contributed by atoms with Crippen LogP contribution < -0.4 is 4.74 Å². The van der Waals surface area contributed by atoms with E-state index in [9.17, 15) is 17.6 Å². The predicted molar refractivity (Wildman–Crippen MR) is 151 cm³/mol. The molecule has 224 valence electrons. The second-order valence-electron chi connectivity index (χ2n) is 12.3. The highest BCUT2D eigenvalue weighted by Crippen LogP contribution is 2.53. The van der Waals surface area contributed by atoms with E-state index < -0.39 is 55.9 Å². The number of benzene rings is 2. The van der Waals surface area contributed by atoms with Crippen molar-refractivity contribution in [3.8, 4) is 5.75 Å². The van der Waals surface area contributed by atoms with E-state index in [4.69, 9.17) is 25.8 Å². The Morgan fingerprint density at radius 3 is 2.56 bits per heavy atom. The number of carbonyl (C=O) groups is 1. The number of nitrogens with zero attached hydrogens (tertiary/aromatic N) is 1. The Labute approximate surface area is 245 Å². The Morgan fingerprint density at radius 1 is 1.15 bits per heavy atom. The summed E-state index contributed by atoms with van der Waals surface area (Å²) >= 11 is 6.10. The van der Waals surface area contributed by atoms with Crippen molar-refractivity contribution in [1.29, 1.82) is 0 Å². The van der Waals surface area contributed by atoms with Gasteiger partial charge in [0.25, 0.3) is 0 Å². The Hall–Kier alpha value is -2.43. The largest absolute Gasteiger partial charge is 0.490 e. The molecule has 0 aromatic heterocycles. The molecule has 2 aromatic rings. The normalized spacial score (nSPS) is 26.2. The Kier molecular flexibility index (Phi) is 8.31. The van der Waals surface area contributed by atoms with E-state index in [-0.39, 0.29) is 43.2 Å². The van der Waals surface area contributed by atoms with Gasteiger partial charge in [0.05, 0.1) is 23.7 Å². The maximum Gasteiger partial charge on any atom is 0.410 e. The van der Waals surface area contributed by atoms with Crippen LogP contribution in [0.1, 0.15) is 51.2 Å². The van der Waals surface area contributed by atoms with Gasteiger partial charge < -0.3 is 19.1 Å². The standard InChI is InChI=1S/C30H36ClF2NO6S/c1-29(2,3)40-28(35)34-13-10-21(17-34)41(36,37)15-11-25-22-18-39-27-24(33)9-8-23(32)26(27)30(22,12-14-38-25)16-19-4-6-20(31)7-5-19/h4-9,21-22,25H,10-18H2,1-3H3/t21-,22-,25-,30-/m0/s1. The van der Waals surface area contributed by atoms with Gasteiger partial charge in [0.15, 0.2) is 21.4 Å². The first-order chi connectivity index (χ1) is 19.3. The molecule has 0 aliphatic carbocycles. The minimum absolute atomic E-state index is 0.0710. The molecule has 0 N–H and O–H groups in total.